The zero-order chi connectivity index (χ0) is 14.6. The molecule has 1 rings (SSSR count). The van der Waals surface area contributed by atoms with E-state index in [2.05, 4.69) is 46.6 Å². The number of aromatic amines is 1. The number of guanidine groups is 1. The Bertz CT molecular complexity index is 367. The van der Waals surface area contributed by atoms with Crippen molar-refractivity contribution in [1.29, 1.82) is 0 Å². The molecule has 0 aromatic carbocycles. The molecule has 0 amide bonds. The zero-order valence-corrected chi connectivity index (χ0v) is 15.5. The van der Waals surface area contributed by atoms with Crippen LogP contribution in [-0.4, -0.2) is 42.5 Å². The molecule has 21 heavy (non-hydrogen) atoms. The van der Waals surface area contributed by atoms with Gasteiger partial charge in [0.2, 0.25) is 0 Å². The molecule has 0 atom stereocenters. The molecule has 6 nitrogen and oxygen atoms in total. The molecule has 122 valence electrons. The fourth-order valence-corrected chi connectivity index (χ4v) is 1.58. The summed E-state index contributed by atoms with van der Waals surface area (Å²) in [7, 11) is 0. The number of aromatic nitrogens is 2. The van der Waals surface area contributed by atoms with Crippen molar-refractivity contribution in [3.63, 3.8) is 0 Å². The van der Waals surface area contributed by atoms with Gasteiger partial charge < -0.3 is 15.4 Å². The van der Waals surface area contributed by atoms with E-state index in [4.69, 9.17) is 4.74 Å². The van der Waals surface area contributed by atoms with Gasteiger partial charge in [0, 0.05) is 32.5 Å². The number of nitrogens with zero attached hydrogens (tertiary/aromatic N) is 2. The van der Waals surface area contributed by atoms with Gasteiger partial charge in [0.1, 0.15) is 0 Å². The van der Waals surface area contributed by atoms with Crippen molar-refractivity contribution >= 4 is 29.9 Å². The Balaban J connectivity index is 0.00000400. The molecule has 7 heteroatoms. The number of hydrogen-bond donors (Lipinski definition) is 3. The monoisotopic (exact) mass is 409 g/mol. The van der Waals surface area contributed by atoms with E-state index >= 15 is 0 Å². The van der Waals surface area contributed by atoms with Crippen LogP contribution in [0.2, 0.25) is 0 Å². The summed E-state index contributed by atoms with van der Waals surface area (Å²) in [6, 6.07) is 1.92. The molecule has 0 fully saturated rings. The molecular weight excluding hydrogens is 381 g/mol. The van der Waals surface area contributed by atoms with Crippen molar-refractivity contribution in [1.82, 2.24) is 20.8 Å². The Morgan fingerprint density at radius 2 is 2.24 bits per heavy atom. The molecule has 0 saturated carbocycles. The third kappa shape index (κ3) is 10.5. The highest BCUT2D eigenvalue weighted by atomic mass is 127. The Labute approximate surface area is 144 Å². The molecule has 1 aromatic rings. The lowest BCUT2D eigenvalue weighted by Crippen LogP contribution is -2.38. The highest BCUT2D eigenvalue weighted by Gasteiger charge is 1.98. The lowest BCUT2D eigenvalue weighted by molar-refractivity contribution is 0.108. The Morgan fingerprint density at radius 3 is 2.86 bits per heavy atom. The van der Waals surface area contributed by atoms with E-state index in [0.29, 0.717) is 12.5 Å². The lowest BCUT2D eigenvalue weighted by atomic mass is 10.2. The molecule has 0 radical (unpaired) electrons. The normalized spacial score (nSPS) is 11.3. The summed E-state index contributed by atoms with van der Waals surface area (Å²) in [5.74, 6) is 1.42. The molecule has 3 N–H and O–H groups in total. The van der Waals surface area contributed by atoms with Crippen molar-refractivity contribution in [3.8, 4) is 0 Å². The molecule has 1 aromatic heterocycles. The molecule has 0 aliphatic carbocycles. The second kappa shape index (κ2) is 12.9. The van der Waals surface area contributed by atoms with E-state index in [-0.39, 0.29) is 24.0 Å². The van der Waals surface area contributed by atoms with Crippen molar-refractivity contribution in [3.05, 3.63) is 18.0 Å². The van der Waals surface area contributed by atoms with Crippen LogP contribution >= 0.6 is 24.0 Å². The highest BCUT2D eigenvalue weighted by Crippen LogP contribution is 1.94. The number of nitrogens with one attached hydrogen (secondary N) is 3. The first kappa shape index (κ1) is 20.2. The van der Waals surface area contributed by atoms with Gasteiger partial charge in [-0.05, 0) is 25.3 Å². The van der Waals surface area contributed by atoms with Crippen molar-refractivity contribution in [2.45, 2.75) is 33.7 Å². The minimum absolute atomic E-state index is 0. The fraction of sp³-hybridized carbons (Fsp3) is 0.714. The molecule has 0 aliphatic rings. The van der Waals surface area contributed by atoms with E-state index in [1.54, 1.807) is 6.20 Å². The van der Waals surface area contributed by atoms with Crippen molar-refractivity contribution < 1.29 is 4.74 Å². The summed E-state index contributed by atoms with van der Waals surface area (Å²) in [6.07, 6.45) is 2.71. The predicted octanol–water partition coefficient (Wildman–Crippen LogP) is 2.15. The van der Waals surface area contributed by atoms with Gasteiger partial charge >= 0.3 is 0 Å². The third-order valence-corrected chi connectivity index (χ3v) is 2.52. The van der Waals surface area contributed by atoms with Gasteiger partial charge in [0.15, 0.2) is 5.96 Å². The van der Waals surface area contributed by atoms with Gasteiger partial charge in [-0.3, -0.25) is 5.10 Å². The second-order valence-corrected chi connectivity index (χ2v) is 5.03. The van der Waals surface area contributed by atoms with Crippen molar-refractivity contribution in [2.24, 2.45) is 10.9 Å². The zero-order valence-electron chi connectivity index (χ0n) is 13.2. The average molecular weight is 409 g/mol. The summed E-state index contributed by atoms with van der Waals surface area (Å²) in [4.78, 5) is 4.48. The summed E-state index contributed by atoms with van der Waals surface area (Å²) < 4.78 is 5.54. The van der Waals surface area contributed by atoms with E-state index in [9.17, 15) is 0 Å². The van der Waals surface area contributed by atoms with Crippen LogP contribution < -0.4 is 10.6 Å². The van der Waals surface area contributed by atoms with Crippen LogP contribution in [0.25, 0.3) is 0 Å². The summed E-state index contributed by atoms with van der Waals surface area (Å²) >= 11 is 0. The van der Waals surface area contributed by atoms with Crippen molar-refractivity contribution in [2.75, 3.05) is 26.3 Å². The Kier molecular flexibility index (Phi) is 12.4. The van der Waals surface area contributed by atoms with Crippen LogP contribution in [0.4, 0.5) is 0 Å². The standard InChI is InChI=1S/C14H27N5O.HI/c1-4-15-14(17-10-13-6-8-18-19-13)16-7-5-9-20-11-12(2)3;/h6,8,12H,4-5,7,9-11H2,1-3H3,(H,18,19)(H2,15,16,17);1H. The van der Waals surface area contributed by atoms with Crippen LogP contribution in [0, 0.1) is 5.92 Å². The number of H-pyrrole nitrogens is 1. The van der Waals surface area contributed by atoms with E-state index in [0.717, 1.165) is 44.4 Å². The molecule has 0 bridgehead atoms. The molecule has 0 spiro atoms. The SMILES string of the molecule is CCNC(=NCc1ccn[nH]1)NCCCOCC(C)C.I. The number of aliphatic imine (C=N–C) groups is 1. The quantitative estimate of drug-likeness (QED) is 0.253. The molecule has 0 aliphatic heterocycles. The number of halogens is 1. The molecule has 1 heterocycles. The van der Waals surface area contributed by atoms with E-state index in [1.165, 1.54) is 0 Å². The van der Waals surface area contributed by atoms with Gasteiger partial charge in [0.25, 0.3) is 0 Å². The van der Waals surface area contributed by atoms with Crippen LogP contribution in [0.5, 0.6) is 0 Å². The minimum Gasteiger partial charge on any atom is -0.381 e. The summed E-state index contributed by atoms with van der Waals surface area (Å²) in [6.45, 7) is 10.3. The minimum atomic E-state index is 0. The first-order valence-corrected chi connectivity index (χ1v) is 7.30. The first-order valence-electron chi connectivity index (χ1n) is 7.30. The second-order valence-electron chi connectivity index (χ2n) is 5.03. The van der Waals surface area contributed by atoms with Gasteiger partial charge in [-0.2, -0.15) is 5.10 Å². The third-order valence-electron chi connectivity index (χ3n) is 2.52. The lowest BCUT2D eigenvalue weighted by Gasteiger charge is -2.11. The van der Waals surface area contributed by atoms with Crippen LogP contribution in [0.15, 0.2) is 17.3 Å². The van der Waals surface area contributed by atoms with Crippen LogP contribution in [-0.2, 0) is 11.3 Å². The Morgan fingerprint density at radius 1 is 1.43 bits per heavy atom. The van der Waals surface area contributed by atoms with Gasteiger partial charge in [-0.25, -0.2) is 4.99 Å². The maximum Gasteiger partial charge on any atom is 0.191 e. The van der Waals surface area contributed by atoms with Gasteiger partial charge in [0.05, 0.1) is 12.2 Å². The topological polar surface area (TPSA) is 74.3 Å². The molecule has 0 saturated heterocycles. The number of ether oxygens (including phenoxy) is 1. The van der Waals surface area contributed by atoms with Gasteiger partial charge in [-0.15, -0.1) is 24.0 Å². The van der Waals surface area contributed by atoms with E-state index in [1.807, 2.05) is 6.07 Å². The average Bonchev–Trinajstić information content (AvgIpc) is 2.92. The van der Waals surface area contributed by atoms with Crippen LogP contribution in [0.3, 0.4) is 0 Å². The smallest absolute Gasteiger partial charge is 0.191 e. The predicted molar refractivity (Wildman–Crippen MR) is 97.1 cm³/mol. The fourth-order valence-electron chi connectivity index (χ4n) is 1.58. The highest BCUT2D eigenvalue weighted by molar-refractivity contribution is 14.0. The van der Waals surface area contributed by atoms with Crippen LogP contribution in [0.1, 0.15) is 32.9 Å². The number of rotatable bonds is 9. The molecule has 0 unspecified atom stereocenters. The van der Waals surface area contributed by atoms with E-state index < -0.39 is 0 Å². The Hall–Kier alpha value is -0.830. The van der Waals surface area contributed by atoms with Gasteiger partial charge in [-0.1, -0.05) is 13.8 Å². The maximum absolute atomic E-state index is 5.54. The molecular formula is C14H28IN5O. The number of hydrogen-bond acceptors (Lipinski definition) is 3. The summed E-state index contributed by atoms with van der Waals surface area (Å²) in [5, 5.41) is 13.3. The summed E-state index contributed by atoms with van der Waals surface area (Å²) in [5.41, 5.74) is 1.00. The largest absolute Gasteiger partial charge is 0.381 e. The maximum atomic E-state index is 5.54. The first-order chi connectivity index (χ1) is 9.72.